The van der Waals surface area contributed by atoms with Gasteiger partial charge in [0.25, 0.3) is 0 Å². The van der Waals surface area contributed by atoms with Crippen LogP contribution in [0.15, 0.2) is 41.3 Å². The highest BCUT2D eigenvalue weighted by molar-refractivity contribution is 7.89. The fourth-order valence-corrected chi connectivity index (χ4v) is 4.11. The van der Waals surface area contributed by atoms with E-state index in [4.69, 9.17) is 16.3 Å². The Kier molecular flexibility index (Phi) is 7.09. The lowest BCUT2D eigenvalue weighted by molar-refractivity contribution is -0.116. The molecule has 0 aliphatic rings. The van der Waals surface area contributed by atoms with Crippen molar-refractivity contribution in [3.05, 3.63) is 52.5 Å². The number of ether oxygens (including phenoxy) is 1. The molecule has 28 heavy (non-hydrogen) atoms. The largest absolute Gasteiger partial charge is 0.495 e. The number of rotatable bonds is 7. The zero-order chi connectivity index (χ0) is 21.1. The fourth-order valence-electron chi connectivity index (χ4n) is 2.63. The van der Waals surface area contributed by atoms with E-state index in [2.05, 4.69) is 5.32 Å². The van der Waals surface area contributed by atoms with Gasteiger partial charge in [-0.15, -0.1) is 0 Å². The topological polar surface area (TPSA) is 75.7 Å². The smallest absolute Gasteiger partial charge is 0.246 e. The number of hydrogen-bond acceptors (Lipinski definition) is 4. The molecule has 1 amide bonds. The maximum absolute atomic E-state index is 13.0. The maximum atomic E-state index is 13.0. The van der Waals surface area contributed by atoms with E-state index in [1.165, 1.54) is 14.2 Å². The number of carbonyl (C=O) groups excluding carboxylic acids is 1. The lowest BCUT2D eigenvalue weighted by Crippen LogP contribution is -2.35. The van der Waals surface area contributed by atoms with Crippen LogP contribution in [0.5, 0.6) is 5.75 Å². The minimum atomic E-state index is -3.92. The molecule has 0 saturated heterocycles. The van der Waals surface area contributed by atoms with E-state index in [1.807, 2.05) is 26.8 Å². The van der Waals surface area contributed by atoms with Crippen molar-refractivity contribution >= 4 is 33.2 Å². The number of hydrogen-bond donors (Lipinski definition) is 1. The third-order valence-corrected chi connectivity index (χ3v) is 6.44. The van der Waals surface area contributed by atoms with Crippen molar-refractivity contribution in [1.29, 1.82) is 0 Å². The molecule has 1 N–H and O–H groups in total. The van der Waals surface area contributed by atoms with Crippen LogP contribution in [0.4, 0.5) is 5.69 Å². The Morgan fingerprint density at radius 3 is 2.50 bits per heavy atom. The molecule has 0 aliphatic carbocycles. The molecule has 0 atom stereocenters. The standard InChI is InChI=1S/C20H25ClN2O4S/c1-13(2)15-7-9-18(27-5)19(10-15)28(25,26)23(4)12-20(24)22-17-11-16(21)8-6-14(17)3/h6-11,13H,12H2,1-5H3,(H,22,24). The van der Waals surface area contributed by atoms with Crippen LogP contribution < -0.4 is 10.1 Å². The molecule has 0 aliphatic heterocycles. The zero-order valence-electron chi connectivity index (χ0n) is 16.6. The van der Waals surface area contributed by atoms with Gasteiger partial charge in [-0.3, -0.25) is 4.79 Å². The molecule has 0 radical (unpaired) electrons. The molecular weight excluding hydrogens is 400 g/mol. The van der Waals surface area contributed by atoms with Crippen LogP contribution in [-0.2, 0) is 14.8 Å². The molecule has 0 saturated carbocycles. The Hall–Kier alpha value is -2.09. The minimum Gasteiger partial charge on any atom is -0.495 e. The summed E-state index contributed by atoms with van der Waals surface area (Å²) in [6, 6.07) is 10.2. The highest BCUT2D eigenvalue weighted by Crippen LogP contribution is 2.30. The summed E-state index contributed by atoms with van der Waals surface area (Å²) in [6.07, 6.45) is 0. The number of carbonyl (C=O) groups is 1. The molecule has 0 aromatic heterocycles. The second kappa shape index (κ2) is 8.94. The monoisotopic (exact) mass is 424 g/mol. The Bertz CT molecular complexity index is 974. The highest BCUT2D eigenvalue weighted by atomic mass is 35.5. The van der Waals surface area contributed by atoms with E-state index in [9.17, 15) is 13.2 Å². The van der Waals surface area contributed by atoms with Gasteiger partial charge in [-0.05, 0) is 48.2 Å². The summed E-state index contributed by atoms with van der Waals surface area (Å²) in [5.41, 5.74) is 2.24. The van der Waals surface area contributed by atoms with Gasteiger partial charge in [-0.2, -0.15) is 4.31 Å². The van der Waals surface area contributed by atoms with Gasteiger partial charge in [0.15, 0.2) is 0 Å². The molecule has 6 nitrogen and oxygen atoms in total. The predicted molar refractivity (Wildman–Crippen MR) is 112 cm³/mol. The molecular formula is C20H25ClN2O4S. The molecule has 2 aromatic carbocycles. The quantitative estimate of drug-likeness (QED) is 0.727. The van der Waals surface area contributed by atoms with E-state index < -0.39 is 15.9 Å². The molecule has 2 aromatic rings. The molecule has 0 unspecified atom stereocenters. The van der Waals surface area contributed by atoms with Crippen LogP contribution in [0.3, 0.4) is 0 Å². The fraction of sp³-hybridized carbons (Fsp3) is 0.350. The van der Waals surface area contributed by atoms with Crippen molar-refractivity contribution in [2.75, 3.05) is 26.0 Å². The van der Waals surface area contributed by atoms with E-state index >= 15 is 0 Å². The third kappa shape index (κ3) is 5.04. The van der Waals surface area contributed by atoms with Gasteiger partial charge in [0.05, 0.1) is 13.7 Å². The van der Waals surface area contributed by atoms with Gasteiger partial charge in [0, 0.05) is 17.8 Å². The van der Waals surface area contributed by atoms with Crippen LogP contribution in [0.2, 0.25) is 5.02 Å². The van der Waals surface area contributed by atoms with Crippen molar-refractivity contribution in [2.45, 2.75) is 31.6 Å². The number of methoxy groups -OCH3 is 1. The van der Waals surface area contributed by atoms with Crippen LogP contribution in [0, 0.1) is 6.92 Å². The number of benzene rings is 2. The van der Waals surface area contributed by atoms with Crippen LogP contribution in [0.25, 0.3) is 0 Å². The minimum absolute atomic E-state index is 0.0374. The average Bonchev–Trinajstić information content (AvgIpc) is 2.63. The molecule has 2 rings (SSSR count). The number of amides is 1. The van der Waals surface area contributed by atoms with Gasteiger partial charge >= 0.3 is 0 Å². The number of likely N-dealkylation sites (N-methyl/N-ethyl adjacent to an activating group) is 1. The van der Waals surface area contributed by atoms with E-state index in [-0.39, 0.29) is 23.1 Å². The third-order valence-electron chi connectivity index (χ3n) is 4.38. The van der Waals surface area contributed by atoms with Gasteiger partial charge in [-0.25, -0.2) is 8.42 Å². The van der Waals surface area contributed by atoms with Crippen LogP contribution in [0.1, 0.15) is 30.9 Å². The first kappa shape index (κ1) is 22.2. The van der Waals surface area contributed by atoms with Crippen molar-refractivity contribution in [1.82, 2.24) is 4.31 Å². The van der Waals surface area contributed by atoms with Gasteiger partial charge in [0.2, 0.25) is 15.9 Å². The Balaban J connectivity index is 2.25. The lowest BCUT2D eigenvalue weighted by atomic mass is 10.0. The SMILES string of the molecule is COc1ccc(C(C)C)cc1S(=O)(=O)N(C)CC(=O)Nc1cc(Cl)ccc1C. The van der Waals surface area contributed by atoms with Gasteiger partial charge in [0.1, 0.15) is 10.6 Å². The molecule has 8 heteroatoms. The number of anilines is 1. The highest BCUT2D eigenvalue weighted by Gasteiger charge is 2.27. The summed E-state index contributed by atoms with van der Waals surface area (Å²) in [5, 5.41) is 3.19. The predicted octanol–water partition coefficient (Wildman–Crippen LogP) is 4.04. The number of aryl methyl sites for hydroxylation is 1. The van der Waals surface area contributed by atoms with Crippen molar-refractivity contribution < 1.29 is 17.9 Å². The molecule has 152 valence electrons. The molecule has 0 fully saturated rings. The molecule has 0 spiro atoms. The molecule has 0 bridgehead atoms. The van der Waals surface area contributed by atoms with Crippen molar-refractivity contribution in [3.8, 4) is 5.75 Å². The summed E-state index contributed by atoms with van der Waals surface area (Å²) in [7, 11) is -1.14. The normalized spacial score (nSPS) is 11.7. The first-order chi connectivity index (χ1) is 13.1. The molecule has 0 heterocycles. The summed E-state index contributed by atoms with van der Waals surface area (Å²) < 4.78 is 32.3. The first-order valence-electron chi connectivity index (χ1n) is 8.76. The van der Waals surface area contributed by atoms with Crippen molar-refractivity contribution in [2.24, 2.45) is 0 Å². The van der Waals surface area contributed by atoms with Gasteiger partial charge < -0.3 is 10.1 Å². The number of halogens is 1. The Labute approximate surface area is 171 Å². The first-order valence-corrected chi connectivity index (χ1v) is 10.6. The van der Waals surface area contributed by atoms with E-state index in [0.717, 1.165) is 15.4 Å². The summed E-state index contributed by atoms with van der Waals surface area (Å²) in [6.45, 7) is 5.43. The van der Waals surface area contributed by atoms with Crippen LogP contribution >= 0.6 is 11.6 Å². The zero-order valence-corrected chi connectivity index (χ0v) is 18.2. The second-order valence-corrected chi connectivity index (χ2v) is 9.28. The van der Waals surface area contributed by atoms with Crippen molar-refractivity contribution in [3.63, 3.8) is 0 Å². The Morgan fingerprint density at radius 2 is 1.89 bits per heavy atom. The van der Waals surface area contributed by atoms with E-state index in [1.54, 1.807) is 30.3 Å². The maximum Gasteiger partial charge on any atom is 0.246 e. The summed E-state index contributed by atoms with van der Waals surface area (Å²) in [4.78, 5) is 12.4. The Morgan fingerprint density at radius 1 is 1.21 bits per heavy atom. The second-order valence-electron chi connectivity index (χ2n) is 6.83. The van der Waals surface area contributed by atoms with Crippen LogP contribution in [-0.4, -0.2) is 39.3 Å². The summed E-state index contributed by atoms with van der Waals surface area (Å²) >= 11 is 5.96. The summed E-state index contributed by atoms with van der Waals surface area (Å²) in [5.74, 6) is -0.0722. The number of nitrogens with zero attached hydrogens (tertiary/aromatic N) is 1. The lowest BCUT2D eigenvalue weighted by Gasteiger charge is -2.20. The van der Waals surface area contributed by atoms with Gasteiger partial charge in [-0.1, -0.05) is 37.6 Å². The average molecular weight is 425 g/mol. The van der Waals surface area contributed by atoms with E-state index in [0.29, 0.717) is 10.7 Å². The number of sulfonamides is 1. The number of nitrogens with one attached hydrogen (secondary N) is 1.